The number of hydrogen-bond donors (Lipinski definition) is 0. The van der Waals surface area contributed by atoms with E-state index in [2.05, 4.69) is 4.90 Å². The molecule has 0 bridgehead atoms. The minimum atomic E-state index is -0.505. The van der Waals surface area contributed by atoms with Crippen LogP contribution in [0.25, 0.3) is 0 Å². The number of anilines is 2. The minimum Gasteiger partial charge on any atom is -0.497 e. The van der Waals surface area contributed by atoms with Crippen molar-refractivity contribution in [1.82, 2.24) is 4.90 Å². The summed E-state index contributed by atoms with van der Waals surface area (Å²) in [6, 6.07) is 19.5. The van der Waals surface area contributed by atoms with Gasteiger partial charge in [-0.05, 0) is 72.8 Å². The van der Waals surface area contributed by atoms with Crippen LogP contribution in [0.15, 0.2) is 72.8 Å². The lowest BCUT2D eigenvalue weighted by Gasteiger charge is -2.38. The van der Waals surface area contributed by atoms with Crippen LogP contribution in [0.3, 0.4) is 0 Å². The smallest absolute Gasteiger partial charge is 0.251 e. The van der Waals surface area contributed by atoms with Gasteiger partial charge in [0, 0.05) is 43.0 Å². The third-order valence-corrected chi connectivity index (χ3v) is 6.81. The average molecular weight is 488 g/mol. The Morgan fingerprint density at radius 3 is 1.94 bits per heavy atom. The van der Waals surface area contributed by atoms with E-state index in [0.29, 0.717) is 48.7 Å². The molecule has 184 valence electrons. The molecule has 2 amide bonds. The first-order valence-electron chi connectivity index (χ1n) is 11.8. The second-order valence-electron chi connectivity index (χ2n) is 8.89. The fourth-order valence-electron chi connectivity index (χ4n) is 4.79. The Kier molecular flexibility index (Phi) is 6.52. The van der Waals surface area contributed by atoms with E-state index in [1.807, 2.05) is 29.2 Å². The minimum absolute atomic E-state index is 0.0517. The second kappa shape index (κ2) is 9.91. The third-order valence-electron chi connectivity index (χ3n) is 6.81. The Bertz CT molecular complexity index is 1270. The first-order valence-corrected chi connectivity index (χ1v) is 11.8. The molecule has 3 aromatic carbocycles. The van der Waals surface area contributed by atoms with Gasteiger partial charge in [-0.25, -0.2) is 9.29 Å². The highest BCUT2D eigenvalue weighted by molar-refractivity contribution is 6.22. The molecule has 7 nitrogen and oxygen atoms in total. The summed E-state index contributed by atoms with van der Waals surface area (Å²) >= 11 is 0. The molecular formula is C28H26FN3O4. The SMILES string of the molecule is COc1ccc(C(=O)c2ccc(N3CCN([C@@H]4CC(=O)N(c5ccc(F)cc5)C4=O)CC3)cc2)cc1. The quantitative estimate of drug-likeness (QED) is 0.392. The predicted octanol–water partition coefficient (Wildman–Crippen LogP) is 3.52. The highest BCUT2D eigenvalue weighted by Gasteiger charge is 2.43. The number of hydrogen-bond acceptors (Lipinski definition) is 6. The number of ketones is 1. The zero-order valence-corrected chi connectivity index (χ0v) is 19.9. The van der Waals surface area contributed by atoms with Crippen molar-refractivity contribution in [3.63, 3.8) is 0 Å². The molecule has 2 fully saturated rings. The molecule has 0 radical (unpaired) electrons. The van der Waals surface area contributed by atoms with Crippen molar-refractivity contribution in [3.8, 4) is 5.75 Å². The van der Waals surface area contributed by atoms with Crippen molar-refractivity contribution in [2.24, 2.45) is 0 Å². The van der Waals surface area contributed by atoms with Crippen LogP contribution in [-0.2, 0) is 9.59 Å². The number of nitrogens with zero attached hydrogens (tertiary/aromatic N) is 3. The normalized spacial score (nSPS) is 18.6. The largest absolute Gasteiger partial charge is 0.497 e. The van der Waals surface area contributed by atoms with E-state index < -0.39 is 11.9 Å². The number of ether oxygens (including phenoxy) is 1. The van der Waals surface area contributed by atoms with Crippen molar-refractivity contribution >= 4 is 29.0 Å². The summed E-state index contributed by atoms with van der Waals surface area (Å²) in [6.45, 7) is 2.65. The Balaban J connectivity index is 1.20. The topological polar surface area (TPSA) is 70.2 Å². The fraction of sp³-hybridized carbons (Fsp3) is 0.250. The predicted molar refractivity (Wildman–Crippen MR) is 134 cm³/mol. The lowest BCUT2D eigenvalue weighted by Crippen LogP contribution is -2.52. The van der Waals surface area contributed by atoms with E-state index in [1.165, 1.54) is 24.3 Å². The van der Waals surface area contributed by atoms with Crippen molar-refractivity contribution in [3.05, 3.63) is 89.7 Å². The first-order chi connectivity index (χ1) is 17.4. The van der Waals surface area contributed by atoms with E-state index in [4.69, 9.17) is 4.74 Å². The first kappa shape index (κ1) is 23.7. The number of imide groups is 1. The van der Waals surface area contributed by atoms with Crippen LogP contribution in [0, 0.1) is 5.82 Å². The molecule has 0 saturated carbocycles. The molecule has 0 aromatic heterocycles. The maximum absolute atomic E-state index is 13.3. The van der Waals surface area contributed by atoms with Crippen LogP contribution in [0.1, 0.15) is 22.3 Å². The van der Waals surface area contributed by atoms with E-state index in [0.717, 1.165) is 10.6 Å². The van der Waals surface area contributed by atoms with Gasteiger partial charge in [0.2, 0.25) is 5.91 Å². The molecular weight excluding hydrogens is 461 g/mol. The Morgan fingerprint density at radius 2 is 1.36 bits per heavy atom. The van der Waals surface area contributed by atoms with Crippen LogP contribution in [-0.4, -0.2) is 61.8 Å². The van der Waals surface area contributed by atoms with Crippen molar-refractivity contribution in [2.45, 2.75) is 12.5 Å². The summed E-state index contributed by atoms with van der Waals surface area (Å²) in [5.74, 6) is -0.293. The molecule has 8 heteroatoms. The number of benzene rings is 3. The van der Waals surface area contributed by atoms with Crippen molar-refractivity contribution in [2.75, 3.05) is 43.1 Å². The Morgan fingerprint density at radius 1 is 0.806 bits per heavy atom. The Labute approximate surface area is 208 Å². The van der Waals surface area contributed by atoms with Gasteiger partial charge in [-0.2, -0.15) is 0 Å². The maximum Gasteiger partial charge on any atom is 0.251 e. The summed E-state index contributed by atoms with van der Waals surface area (Å²) in [6.07, 6.45) is 0.123. The van der Waals surface area contributed by atoms with E-state index >= 15 is 0 Å². The van der Waals surface area contributed by atoms with Crippen molar-refractivity contribution < 1.29 is 23.5 Å². The van der Waals surface area contributed by atoms with Crippen molar-refractivity contribution in [1.29, 1.82) is 0 Å². The average Bonchev–Trinajstić information content (AvgIpc) is 3.22. The molecule has 2 aliphatic heterocycles. The number of halogens is 1. The van der Waals surface area contributed by atoms with Crippen LogP contribution in [0.4, 0.5) is 15.8 Å². The summed E-state index contributed by atoms with van der Waals surface area (Å²) in [4.78, 5) is 43.8. The monoisotopic (exact) mass is 487 g/mol. The molecule has 1 atom stereocenters. The standard InChI is InChI=1S/C28H26FN3O4/c1-36-24-12-4-20(5-13-24)27(34)19-2-8-22(9-3-19)30-14-16-31(17-15-30)25-18-26(33)32(28(25)35)23-10-6-21(29)7-11-23/h2-13,25H,14-18H2,1H3/t25-/m1/s1. The fourth-order valence-corrected chi connectivity index (χ4v) is 4.79. The molecule has 0 spiro atoms. The van der Waals surface area contributed by atoms with Crippen LogP contribution in [0.2, 0.25) is 0 Å². The summed E-state index contributed by atoms with van der Waals surface area (Å²) < 4.78 is 18.4. The van der Waals surface area contributed by atoms with Gasteiger partial charge < -0.3 is 9.64 Å². The molecule has 0 N–H and O–H groups in total. The van der Waals surface area contributed by atoms with Gasteiger partial charge >= 0.3 is 0 Å². The third kappa shape index (κ3) is 4.59. The summed E-state index contributed by atoms with van der Waals surface area (Å²) in [5, 5.41) is 0. The van der Waals surface area contributed by atoms with E-state index in [9.17, 15) is 18.8 Å². The zero-order valence-electron chi connectivity index (χ0n) is 19.9. The van der Waals surface area contributed by atoms with Gasteiger partial charge in [0.1, 0.15) is 11.6 Å². The van der Waals surface area contributed by atoms with Gasteiger partial charge in [0.15, 0.2) is 5.78 Å². The number of methoxy groups -OCH3 is 1. The number of carbonyl (C=O) groups is 3. The molecule has 3 aromatic rings. The van der Waals surface area contributed by atoms with E-state index in [1.54, 1.807) is 31.4 Å². The van der Waals surface area contributed by atoms with E-state index in [-0.39, 0.29) is 24.0 Å². The second-order valence-corrected chi connectivity index (χ2v) is 8.89. The Hall–Kier alpha value is -4.04. The molecule has 0 aliphatic carbocycles. The summed E-state index contributed by atoms with van der Waals surface area (Å²) in [5.41, 5.74) is 2.61. The maximum atomic E-state index is 13.3. The van der Waals surface area contributed by atoms with Crippen LogP contribution < -0.4 is 14.5 Å². The van der Waals surface area contributed by atoms with Crippen LogP contribution >= 0.6 is 0 Å². The van der Waals surface area contributed by atoms with Gasteiger partial charge in [-0.1, -0.05) is 0 Å². The number of amides is 2. The molecule has 2 heterocycles. The molecule has 36 heavy (non-hydrogen) atoms. The summed E-state index contributed by atoms with van der Waals surface area (Å²) in [7, 11) is 1.59. The molecule has 2 aliphatic rings. The molecule has 2 saturated heterocycles. The molecule has 5 rings (SSSR count). The highest BCUT2D eigenvalue weighted by Crippen LogP contribution is 2.27. The lowest BCUT2D eigenvalue weighted by atomic mass is 10.0. The lowest BCUT2D eigenvalue weighted by molar-refractivity contribution is -0.123. The molecule has 0 unspecified atom stereocenters. The highest BCUT2D eigenvalue weighted by atomic mass is 19.1. The van der Waals surface area contributed by atoms with Gasteiger partial charge in [0.25, 0.3) is 5.91 Å². The van der Waals surface area contributed by atoms with Crippen LogP contribution in [0.5, 0.6) is 5.75 Å². The van der Waals surface area contributed by atoms with Gasteiger partial charge in [0.05, 0.1) is 25.3 Å². The zero-order chi connectivity index (χ0) is 25.2. The number of piperazine rings is 1. The number of carbonyl (C=O) groups excluding carboxylic acids is 3. The van der Waals surface area contributed by atoms with Gasteiger partial charge in [-0.15, -0.1) is 0 Å². The van der Waals surface area contributed by atoms with Gasteiger partial charge in [-0.3, -0.25) is 19.3 Å². The number of rotatable bonds is 6.